The molecule has 7 nitrogen and oxygen atoms in total. The molecule has 0 saturated heterocycles. The maximum atomic E-state index is 13.0. The van der Waals surface area contributed by atoms with Crippen LogP contribution in [0.3, 0.4) is 0 Å². The third-order valence-electron chi connectivity index (χ3n) is 6.66. The number of H-pyrrole nitrogens is 1. The lowest BCUT2D eigenvalue weighted by molar-refractivity contribution is 0.0786. The molecule has 0 bridgehead atoms. The van der Waals surface area contributed by atoms with Gasteiger partial charge in [0, 0.05) is 36.3 Å². The molecular formula is C32H41N3O4. The van der Waals surface area contributed by atoms with E-state index in [0.29, 0.717) is 45.6 Å². The van der Waals surface area contributed by atoms with Gasteiger partial charge in [0.2, 0.25) is 0 Å². The van der Waals surface area contributed by atoms with E-state index in [2.05, 4.69) is 29.4 Å². The number of aromatic amines is 1. The first-order valence-electron chi connectivity index (χ1n) is 13.6. The van der Waals surface area contributed by atoms with E-state index in [4.69, 9.17) is 4.74 Å². The Labute approximate surface area is 230 Å². The molecule has 0 spiro atoms. The molecule has 0 aliphatic rings. The summed E-state index contributed by atoms with van der Waals surface area (Å²) < 4.78 is 8.03. The summed E-state index contributed by atoms with van der Waals surface area (Å²) in [4.78, 5) is 28.6. The molecule has 2 aromatic carbocycles. The highest BCUT2D eigenvalue weighted by molar-refractivity contribution is 6.03. The van der Waals surface area contributed by atoms with Crippen LogP contribution >= 0.6 is 0 Å². The number of fused-ring (bicyclic) bond motifs is 1. The van der Waals surface area contributed by atoms with Crippen LogP contribution < -0.4 is 15.6 Å². The number of hydrogen-bond acceptors (Lipinski definition) is 4. The average molecular weight is 532 g/mol. The molecule has 208 valence electrons. The molecule has 4 rings (SSSR count). The molecule has 3 N–H and O–H groups in total. The van der Waals surface area contributed by atoms with E-state index in [-0.39, 0.29) is 11.5 Å². The Hall–Kier alpha value is -3.84. The predicted molar refractivity (Wildman–Crippen MR) is 159 cm³/mol. The summed E-state index contributed by atoms with van der Waals surface area (Å²) >= 11 is 0. The average Bonchev–Trinajstić information content (AvgIpc) is 3.35. The molecule has 0 aliphatic carbocycles. The number of aryl methyl sites for hydroxylation is 4. The van der Waals surface area contributed by atoms with Gasteiger partial charge in [-0.05, 0) is 81.5 Å². The Kier molecular flexibility index (Phi) is 9.07. The number of nitrogens with one attached hydrogen (secondary N) is 2. The van der Waals surface area contributed by atoms with Crippen molar-refractivity contribution < 1.29 is 14.6 Å². The summed E-state index contributed by atoms with van der Waals surface area (Å²) in [5.74, 6) is 1.08. The van der Waals surface area contributed by atoms with E-state index in [1.165, 1.54) is 10.1 Å². The third kappa shape index (κ3) is 6.09. The van der Waals surface area contributed by atoms with Gasteiger partial charge in [0.15, 0.2) is 0 Å². The second kappa shape index (κ2) is 11.9. The normalized spacial score (nSPS) is 11.2. The fraction of sp³-hybridized carbons (Fsp3) is 0.375. The van der Waals surface area contributed by atoms with Crippen molar-refractivity contribution in [2.24, 2.45) is 7.05 Å². The summed E-state index contributed by atoms with van der Waals surface area (Å²) in [6, 6.07) is 11.5. The number of hydrogen-bond donors (Lipinski definition) is 3. The Morgan fingerprint density at radius 2 is 1.69 bits per heavy atom. The van der Waals surface area contributed by atoms with E-state index in [0.717, 1.165) is 23.3 Å². The Bertz CT molecular complexity index is 1530. The third-order valence-corrected chi connectivity index (χ3v) is 6.66. The standard InChI is InChI=1S/C30H35N3O4.C2H6/c1-8-19-12-17(3)27(18(4)13-19)37-25-11-10-20(30(5,6)36)14-21(25)23-16-33(7)29(35)26-22(23)15-24(32-26)28(34)31-9-2;1-2/h10-16,32,36H,8-9H2,1-7H3,(H,31,34);1-2H3. The zero-order valence-electron chi connectivity index (χ0n) is 24.6. The van der Waals surface area contributed by atoms with Crippen molar-refractivity contribution in [1.29, 1.82) is 0 Å². The van der Waals surface area contributed by atoms with Crippen molar-refractivity contribution in [3.05, 3.63) is 80.9 Å². The van der Waals surface area contributed by atoms with Crippen LogP contribution in [-0.4, -0.2) is 27.1 Å². The first-order chi connectivity index (χ1) is 18.4. The molecule has 0 atom stereocenters. The molecule has 1 amide bonds. The highest BCUT2D eigenvalue weighted by Gasteiger charge is 2.23. The largest absolute Gasteiger partial charge is 0.456 e. The van der Waals surface area contributed by atoms with Crippen molar-refractivity contribution in [3.8, 4) is 22.6 Å². The molecule has 2 aromatic heterocycles. The lowest BCUT2D eigenvalue weighted by Gasteiger charge is -2.22. The van der Waals surface area contributed by atoms with Gasteiger partial charge < -0.3 is 24.7 Å². The molecule has 0 unspecified atom stereocenters. The molecule has 0 radical (unpaired) electrons. The van der Waals surface area contributed by atoms with E-state index in [1.807, 2.05) is 52.8 Å². The minimum Gasteiger partial charge on any atom is -0.456 e. The first-order valence-corrected chi connectivity index (χ1v) is 13.6. The quantitative estimate of drug-likeness (QED) is 0.253. The van der Waals surface area contributed by atoms with Crippen LogP contribution in [0.5, 0.6) is 11.5 Å². The lowest BCUT2D eigenvalue weighted by atomic mass is 9.93. The van der Waals surface area contributed by atoms with Gasteiger partial charge in [-0.15, -0.1) is 0 Å². The number of nitrogens with zero attached hydrogens (tertiary/aromatic N) is 1. The summed E-state index contributed by atoms with van der Waals surface area (Å²) in [7, 11) is 1.68. The van der Waals surface area contributed by atoms with Gasteiger partial charge in [0.25, 0.3) is 11.5 Å². The number of ether oxygens (including phenoxy) is 1. The van der Waals surface area contributed by atoms with E-state index in [1.54, 1.807) is 33.2 Å². The first kappa shape index (κ1) is 29.7. The van der Waals surface area contributed by atoms with Crippen LogP contribution in [0.25, 0.3) is 22.0 Å². The fourth-order valence-electron chi connectivity index (χ4n) is 4.65. The van der Waals surface area contributed by atoms with Gasteiger partial charge in [-0.2, -0.15) is 0 Å². The topological polar surface area (TPSA) is 96.3 Å². The van der Waals surface area contributed by atoms with Crippen LogP contribution in [0, 0.1) is 13.8 Å². The molecular weight excluding hydrogens is 490 g/mol. The van der Waals surface area contributed by atoms with Crippen molar-refractivity contribution >= 4 is 16.8 Å². The fourth-order valence-corrected chi connectivity index (χ4v) is 4.65. The van der Waals surface area contributed by atoms with Gasteiger partial charge in [0.1, 0.15) is 22.7 Å². The van der Waals surface area contributed by atoms with Gasteiger partial charge >= 0.3 is 0 Å². The molecule has 0 aliphatic heterocycles. The number of benzene rings is 2. The molecule has 2 heterocycles. The van der Waals surface area contributed by atoms with Gasteiger partial charge in [-0.1, -0.05) is 39.0 Å². The highest BCUT2D eigenvalue weighted by Crippen LogP contribution is 2.41. The SMILES string of the molecule is CC.CCNC(=O)c1cc2c(-c3cc(C(C)(C)O)ccc3Oc3c(C)cc(CC)cc3C)cn(C)c(=O)c2[nH]1. The minimum atomic E-state index is -1.09. The second-order valence-electron chi connectivity index (χ2n) is 10.1. The smallest absolute Gasteiger partial charge is 0.274 e. The zero-order valence-corrected chi connectivity index (χ0v) is 24.6. The van der Waals surface area contributed by atoms with Crippen LogP contribution in [0.1, 0.15) is 74.3 Å². The van der Waals surface area contributed by atoms with Crippen molar-refractivity contribution in [3.63, 3.8) is 0 Å². The van der Waals surface area contributed by atoms with Crippen LogP contribution in [0.2, 0.25) is 0 Å². The maximum Gasteiger partial charge on any atom is 0.274 e. The second-order valence-corrected chi connectivity index (χ2v) is 10.1. The lowest BCUT2D eigenvalue weighted by Crippen LogP contribution is -2.23. The number of carbonyl (C=O) groups excluding carboxylic acids is 1. The minimum absolute atomic E-state index is 0.239. The van der Waals surface area contributed by atoms with Crippen molar-refractivity contribution in [2.75, 3.05) is 6.54 Å². The molecule has 39 heavy (non-hydrogen) atoms. The maximum absolute atomic E-state index is 13.0. The number of pyridine rings is 1. The predicted octanol–water partition coefficient (Wildman–Crippen LogP) is 6.51. The van der Waals surface area contributed by atoms with Crippen LogP contribution in [-0.2, 0) is 19.1 Å². The van der Waals surface area contributed by atoms with Crippen molar-refractivity contribution in [2.45, 2.75) is 67.4 Å². The summed E-state index contributed by atoms with van der Waals surface area (Å²) in [6.07, 6.45) is 2.68. The number of aliphatic hydroxyl groups is 1. The number of rotatable bonds is 7. The Morgan fingerprint density at radius 3 is 2.26 bits per heavy atom. The number of carbonyl (C=O) groups is 1. The monoisotopic (exact) mass is 531 g/mol. The van der Waals surface area contributed by atoms with Gasteiger partial charge in [-0.25, -0.2) is 0 Å². The molecule has 0 fully saturated rings. The molecule has 4 aromatic rings. The Balaban J connectivity index is 0.00000205. The highest BCUT2D eigenvalue weighted by atomic mass is 16.5. The van der Waals surface area contributed by atoms with Gasteiger partial charge in [0.05, 0.1) is 5.60 Å². The summed E-state index contributed by atoms with van der Waals surface area (Å²) in [5.41, 5.74) is 4.73. The van der Waals surface area contributed by atoms with Crippen LogP contribution in [0.4, 0.5) is 0 Å². The zero-order chi connectivity index (χ0) is 29.1. The number of aromatic nitrogens is 2. The number of amides is 1. The summed E-state index contributed by atoms with van der Waals surface area (Å²) in [6.45, 7) is 15.9. The molecule has 7 heteroatoms. The van der Waals surface area contributed by atoms with Crippen LogP contribution in [0.15, 0.2) is 47.4 Å². The van der Waals surface area contributed by atoms with E-state index >= 15 is 0 Å². The van der Waals surface area contributed by atoms with Crippen molar-refractivity contribution in [1.82, 2.24) is 14.9 Å². The summed E-state index contributed by atoms with van der Waals surface area (Å²) in [5, 5.41) is 14.2. The Morgan fingerprint density at radius 1 is 1.05 bits per heavy atom. The van der Waals surface area contributed by atoms with E-state index < -0.39 is 5.60 Å². The molecule has 0 saturated carbocycles. The van der Waals surface area contributed by atoms with Gasteiger partial charge in [-0.3, -0.25) is 9.59 Å². The van der Waals surface area contributed by atoms with E-state index in [9.17, 15) is 14.7 Å².